The average Bonchev–Trinajstić information content (AvgIpc) is 2.29. The summed E-state index contributed by atoms with van der Waals surface area (Å²) in [4.78, 5) is 10.8. The summed E-state index contributed by atoms with van der Waals surface area (Å²) in [5.41, 5.74) is 6.56. The molecule has 82 valence electrons. The molecule has 1 aliphatic rings. The number of aryl methyl sites for hydroxylation is 1. The van der Waals surface area contributed by atoms with Crippen LogP contribution >= 0.6 is 0 Å². The summed E-state index contributed by atoms with van der Waals surface area (Å²) in [7, 11) is 0. The molecule has 15 heavy (non-hydrogen) atoms. The molecule has 2 N–H and O–H groups in total. The minimum Gasteiger partial charge on any atom is -0.373 e. The normalized spacial score (nSPS) is 21.7. The maximum Gasteiger partial charge on any atom is 0.225 e. The minimum atomic E-state index is 0.0999. The highest BCUT2D eigenvalue weighted by molar-refractivity contribution is 5.30. The molecular formula is C10H16N4O. The van der Waals surface area contributed by atoms with E-state index in [9.17, 15) is 0 Å². The van der Waals surface area contributed by atoms with E-state index >= 15 is 0 Å². The van der Waals surface area contributed by atoms with E-state index in [1.54, 1.807) is 6.20 Å². The Morgan fingerprint density at radius 3 is 3.27 bits per heavy atom. The summed E-state index contributed by atoms with van der Waals surface area (Å²) in [5, 5.41) is 0. The van der Waals surface area contributed by atoms with E-state index in [-0.39, 0.29) is 6.10 Å². The Bertz CT molecular complexity index is 331. The molecule has 5 heteroatoms. The fraction of sp³-hybridized carbons (Fsp3) is 0.600. The van der Waals surface area contributed by atoms with Crippen LogP contribution in [0.1, 0.15) is 5.69 Å². The van der Waals surface area contributed by atoms with E-state index in [0.717, 1.165) is 24.7 Å². The zero-order valence-electron chi connectivity index (χ0n) is 8.89. The van der Waals surface area contributed by atoms with E-state index in [1.807, 2.05) is 13.0 Å². The number of aromatic nitrogens is 2. The zero-order valence-corrected chi connectivity index (χ0v) is 8.89. The Balaban J connectivity index is 2.09. The van der Waals surface area contributed by atoms with Gasteiger partial charge in [0.05, 0.1) is 12.7 Å². The summed E-state index contributed by atoms with van der Waals surface area (Å²) in [6.07, 6.45) is 1.88. The van der Waals surface area contributed by atoms with Gasteiger partial charge in [-0.25, -0.2) is 9.97 Å². The first kappa shape index (κ1) is 10.3. The molecule has 0 unspecified atom stereocenters. The van der Waals surface area contributed by atoms with Crippen LogP contribution in [-0.2, 0) is 4.74 Å². The van der Waals surface area contributed by atoms with E-state index < -0.39 is 0 Å². The van der Waals surface area contributed by atoms with Gasteiger partial charge in [-0.15, -0.1) is 0 Å². The number of morpholine rings is 1. The van der Waals surface area contributed by atoms with Crippen LogP contribution < -0.4 is 10.6 Å². The standard InChI is InChI=1S/C10H16N4O/c1-8-2-3-12-10(13-8)14-4-5-15-9(6-11)7-14/h2-3,9H,4-7,11H2,1H3/t9-/m0/s1. The van der Waals surface area contributed by atoms with Crippen molar-refractivity contribution in [1.82, 2.24) is 9.97 Å². The predicted molar refractivity (Wildman–Crippen MR) is 57.8 cm³/mol. The van der Waals surface area contributed by atoms with Crippen molar-refractivity contribution in [3.63, 3.8) is 0 Å². The van der Waals surface area contributed by atoms with Crippen LogP contribution in [0.25, 0.3) is 0 Å². The second kappa shape index (κ2) is 4.55. The second-order valence-electron chi connectivity index (χ2n) is 3.67. The molecule has 0 aliphatic carbocycles. The van der Waals surface area contributed by atoms with E-state index in [1.165, 1.54) is 0 Å². The van der Waals surface area contributed by atoms with Crippen LogP contribution in [0.4, 0.5) is 5.95 Å². The van der Waals surface area contributed by atoms with Gasteiger partial charge < -0.3 is 15.4 Å². The summed E-state index contributed by atoms with van der Waals surface area (Å²) >= 11 is 0. The number of nitrogens with two attached hydrogens (primary N) is 1. The molecule has 2 heterocycles. The molecule has 0 saturated carbocycles. The lowest BCUT2D eigenvalue weighted by Crippen LogP contribution is -2.46. The number of hydrogen-bond donors (Lipinski definition) is 1. The molecule has 1 aromatic rings. The van der Waals surface area contributed by atoms with E-state index in [2.05, 4.69) is 14.9 Å². The Kier molecular flexibility index (Phi) is 3.13. The minimum absolute atomic E-state index is 0.0999. The first-order valence-electron chi connectivity index (χ1n) is 5.16. The van der Waals surface area contributed by atoms with Crippen molar-refractivity contribution < 1.29 is 4.74 Å². The molecule has 1 aromatic heterocycles. The monoisotopic (exact) mass is 208 g/mol. The first-order valence-corrected chi connectivity index (χ1v) is 5.16. The van der Waals surface area contributed by atoms with Gasteiger partial charge in [0.15, 0.2) is 0 Å². The van der Waals surface area contributed by atoms with Gasteiger partial charge in [-0.05, 0) is 13.0 Å². The molecule has 1 aliphatic heterocycles. The van der Waals surface area contributed by atoms with Gasteiger partial charge in [0, 0.05) is 31.5 Å². The molecule has 0 spiro atoms. The lowest BCUT2D eigenvalue weighted by Gasteiger charge is -2.32. The SMILES string of the molecule is Cc1ccnc(N2CCO[C@@H](CN)C2)n1. The number of ether oxygens (including phenoxy) is 1. The third kappa shape index (κ3) is 2.43. The molecule has 5 nitrogen and oxygen atoms in total. The summed E-state index contributed by atoms with van der Waals surface area (Å²) in [5.74, 6) is 0.775. The molecule has 0 radical (unpaired) electrons. The van der Waals surface area contributed by atoms with Gasteiger partial charge in [-0.1, -0.05) is 0 Å². The molecule has 0 bridgehead atoms. The molecule has 1 fully saturated rings. The van der Waals surface area contributed by atoms with Crippen molar-refractivity contribution in [3.8, 4) is 0 Å². The Morgan fingerprint density at radius 2 is 2.53 bits per heavy atom. The van der Waals surface area contributed by atoms with Crippen LogP contribution in [0.3, 0.4) is 0 Å². The van der Waals surface area contributed by atoms with Gasteiger partial charge in [0.1, 0.15) is 0 Å². The van der Waals surface area contributed by atoms with Gasteiger partial charge in [-0.3, -0.25) is 0 Å². The maximum atomic E-state index is 5.58. The van der Waals surface area contributed by atoms with Crippen LogP contribution in [0.2, 0.25) is 0 Å². The van der Waals surface area contributed by atoms with Crippen molar-refractivity contribution in [2.24, 2.45) is 5.73 Å². The third-order valence-electron chi connectivity index (χ3n) is 2.47. The Hall–Kier alpha value is -1.20. The number of anilines is 1. The van der Waals surface area contributed by atoms with Gasteiger partial charge in [0.25, 0.3) is 0 Å². The summed E-state index contributed by atoms with van der Waals surface area (Å²) in [6, 6.07) is 1.89. The van der Waals surface area contributed by atoms with E-state index in [4.69, 9.17) is 10.5 Å². The smallest absolute Gasteiger partial charge is 0.225 e. The molecular weight excluding hydrogens is 192 g/mol. The molecule has 0 aromatic carbocycles. The van der Waals surface area contributed by atoms with Gasteiger partial charge >= 0.3 is 0 Å². The number of nitrogens with zero attached hydrogens (tertiary/aromatic N) is 3. The van der Waals surface area contributed by atoms with Gasteiger partial charge in [-0.2, -0.15) is 0 Å². The number of hydrogen-bond acceptors (Lipinski definition) is 5. The maximum absolute atomic E-state index is 5.58. The highest BCUT2D eigenvalue weighted by Gasteiger charge is 2.20. The summed E-state index contributed by atoms with van der Waals surface area (Å²) in [6.45, 7) is 4.81. The zero-order chi connectivity index (χ0) is 10.7. The Morgan fingerprint density at radius 1 is 1.67 bits per heavy atom. The fourth-order valence-electron chi connectivity index (χ4n) is 1.63. The van der Waals surface area contributed by atoms with Crippen LogP contribution in [-0.4, -0.2) is 42.3 Å². The van der Waals surface area contributed by atoms with Crippen LogP contribution in [0.5, 0.6) is 0 Å². The lowest BCUT2D eigenvalue weighted by atomic mass is 10.3. The lowest BCUT2D eigenvalue weighted by molar-refractivity contribution is 0.0460. The second-order valence-corrected chi connectivity index (χ2v) is 3.67. The quantitative estimate of drug-likeness (QED) is 0.738. The largest absolute Gasteiger partial charge is 0.373 e. The third-order valence-corrected chi connectivity index (χ3v) is 2.47. The van der Waals surface area contributed by atoms with Crippen molar-refractivity contribution in [2.75, 3.05) is 31.1 Å². The molecule has 1 saturated heterocycles. The highest BCUT2D eigenvalue weighted by Crippen LogP contribution is 2.12. The fourth-order valence-corrected chi connectivity index (χ4v) is 1.63. The average molecular weight is 208 g/mol. The van der Waals surface area contributed by atoms with Gasteiger partial charge in [0.2, 0.25) is 5.95 Å². The summed E-state index contributed by atoms with van der Waals surface area (Å²) < 4.78 is 5.49. The van der Waals surface area contributed by atoms with E-state index in [0.29, 0.717) is 13.2 Å². The molecule has 1 atom stereocenters. The molecule has 0 amide bonds. The first-order chi connectivity index (χ1) is 7.29. The van der Waals surface area contributed by atoms with Crippen molar-refractivity contribution in [3.05, 3.63) is 18.0 Å². The van der Waals surface area contributed by atoms with Crippen molar-refractivity contribution >= 4 is 5.95 Å². The predicted octanol–water partition coefficient (Wildman–Crippen LogP) is -0.0511. The van der Waals surface area contributed by atoms with Crippen molar-refractivity contribution in [1.29, 1.82) is 0 Å². The Labute approximate surface area is 89.3 Å². The highest BCUT2D eigenvalue weighted by atomic mass is 16.5. The topological polar surface area (TPSA) is 64.3 Å². The number of rotatable bonds is 2. The van der Waals surface area contributed by atoms with Crippen LogP contribution in [0, 0.1) is 6.92 Å². The van der Waals surface area contributed by atoms with Crippen molar-refractivity contribution in [2.45, 2.75) is 13.0 Å². The van der Waals surface area contributed by atoms with Crippen LogP contribution in [0.15, 0.2) is 12.3 Å². The molecule has 2 rings (SSSR count).